The van der Waals surface area contributed by atoms with E-state index in [0.717, 1.165) is 25.0 Å². The van der Waals surface area contributed by atoms with Crippen molar-refractivity contribution in [2.45, 2.75) is 45.3 Å². The molecule has 0 fully saturated rings. The minimum atomic E-state index is 0.103. The molecule has 0 spiro atoms. The maximum atomic E-state index is 5.70. The SMILES string of the molecule is CCCC(OCC)C(Cc1ccco1)NN. The van der Waals surface area contributed by atoms with Crippen LogP contribution in [0.15, 0.2) is 22.8 Å². The second kappa shape index (κ2) is 7.44. The highest BCUT2D eigenvalue weighted by molar-refractivity contribution is 5.01. The van der Waals surface area contributed by atoms with Gasteiger partial charge in [-0.05, 0) is 25.5 Å². The minimum Gasteiger partial charge on any atom is -0.469 e. The van der Waals surface area contributed by atoms with Crippen LogP contribution < -0.4 is 11.3 Å². The Balaban J connectivity index is 2.55. The van der Waals surface area contributed by atoms with Crippen LogP contribution >= 0.6 is 0 Å². The Hall–Kier alpha value is -0.840. The predicted molar refractivity (Wildman–Crippen MR) is 63.8 cm³/mol. The highest BCUT2D eigenvalue weighted by Crippen LogP contribution is 2.13. The standard InChI is InChI=1S/C12H22N2O2/c1-3-6-12(15-4-2)11(14-13)9-10-7-5-8-16-10/h5,7-8,11-12,14H,3-4,6,9,13H2,1-2H3. The van der Waals surface area contributed by atoms with Crippen molar-refractivity contribution in [3.05, 3.63) is 24.2 Å². The molecule has 16 heavy (non-hydrogen) atoms. The summed E-state index contributed by atoms with van der Waals surface area (Å²) in [6, 6.07) is 3.95. The molecule has 1 rings (SSSR count). The molecule has 2 unspecified atom stereocenters. The summed E-state index contributed by atoms with van der Waals surface area (Å²) in [6.45, 7) is 4.86. The Morgan fingerprint density at radius 1 is 1.50 bits per heavy atom. The van der Waals surface area contributed by atoms with Gasteiger partial charge in [-0.3, -0.25) is 11.3 Å². The number of hydrogen-bond acceptors (Lipinski definition) is 4. The van der Waals surface area contributed by atoms with Gasteiger partial charge in [0.05, 0.1) is 18.4 Å². The Kier molecular flexibility index (Phi) is 6.15. The predicted octanol–water partition coefficient (Wildman–Crippen LogP) is 1.86. The van der Waals surface area contributed by atoms with Crippen molar-refractivity contribution >= 4 is 0 Å². The minimum absolute atomic E-state index is 0.103. The van der Waals surface area contributed by atoms with Crippen LogP contribution in [0.2, 0.25) is 0 Å². The van der Waals surface area contributed by atoms with Gasteiger partial charge < -0.3 is 9.15 Å². The zero-order valence-electron chi connectivity index (χ0n) is 10.1. The molecule has 1 heterocycles. The van der Waals surface area contributed by atoms with Crippen LogP contribution in [-0.4, -0.2) is 18.8 Å². The first kappa shape index (κ1) is 13.2. The van der Waals surface area contributed by atoms with E-state index in [9.17, 15) is 0 Å². The lowest BCUT2D eigenvalue weighted by Crippen LogP contribution is -2.46. The molecule has 2 atom stereocenters. The lowest BCUT2D eigenvalue weighted by Gasteiger charge is -2.25. The quantitative estimate of drug-likeness (QED) is 0.524. The number of nitrogens with one attached hydrogen (secondary N) is 1. The molecule has 0 aliphatic rings. The van der Waals surface area contributed by atoms with Crippen LogP contribution in [0.5, 0.6) is 0 Å². The van der Waals surface area contributed by atoms with E-state index in [1.807, 2.05) is 19.1 Å². The molecule has 92 valence electrons. The monoisotopic (exact) mass is 226 g/mol. The third kappa shape index (κ3) is 3.96. The Labute approximate surface area is 97.1 Å². The average molecular weight is 226 g/mol. The van der Waals surface area contributed by atoms with Crippen LogP contribution in [0.4, 0.5) is 0 Å². The highest BCUT2D eigenvalue weighted by atomic mass is 16.5. The number of nitrogens with two attached hydrogens (primary N) is 1. The second-order valence-electron chi connectivity index (χ2n) is 3.84. The van der Waals surface area contributed by atoms with E-state index >= 15 is 0 Å². The van der Waals surface area contributed by atoms with E-state index in [1.54, 1.807) is 6.26 Å². The summed E-state index contributed by atoms with van der Waals surface area (Å²) in [5.41, 5.74) is 2.83. The summed E-state index contributed by atoms with van der Waals surface area (Å²) in [6.07, 6.45) is 4.67. The number of hydrazine groups is 1. The molecule has 4 nitrogen and oxygen atoms in total. The molecule has 0 aromatic carbocycles. The lowest BCUT2D eigenvalue weighted by molar-refractivity contribution is 0.0269. The maximum Gasteiger partial charge on any atom is 0.105 e. The lowest BCUT2D eigenvalue weighted by atomic mass is 10.0. The Morgan fingerprint density at radius 2 is 2.31 bits per heavy atom. The summed E-state index contributed by atoms with van der Waals surface area (Å²) >= 11 is 0. The smallest absolute Gasteiger partial charge is 0.105 e. The van der Waals surface area contributed by atoms with E-state index in [4.69, 9.17) is 15.0 Å². The molecule has 3 N–H and O–H groups in total. The van der Waals surface area contributed by atoms with Crippen LogP contribution in [0.3, 0.4) is 0 Å². The highest BCUT2D eigenvalue weighted by Gasteiger charge is 2.21. The van der Waals surface area contributed by atoms with E-state index in [-0.39, 0.29) is 12.1 Å². The summed E-state index contributed by atoms with van der Waals surface area (Å²) in [7, 11) is 0. The van der Waals surface area contributed by atoms with Gasteiger partial charge >= 0.3 is 0 Å². The molecule has 1 aromatic rings. The van der Waals surface area contributed by atoms with E-state index in [2.05, 4.69) is 12.3 Å². The number of furan rings is 1. The average Bonchev–Trinajstić information content (AvgIpc) is 2.78. The van der Waals surface area contributed by atoms with Gasteiger partial charge in [0.25, 0.3) is 0 Å². The van der Waals surface area contributed by atoms with Crippen LogP contribution in [0.1, 0.15) is 32.4 Å². The van der Waals surface area contributed by atoms with E-state index < -0.39 is 0 Å². The van der Waals surface area contributed by atoms with Crippen molar-refractivity contribution in [2.75, 3.05) is 6.61 Å². The van der Waals surface area contributed by atoms with Gasteiger partial charge in [0.2, 0.25) is 0 Å². The van der Waals surface area contributed by atoms with Crippen molar-refractivity contribution in [3.63, 3.8) is 0 Å². The van der Waals surface area contributed by atoms with Gasteiger partial charge in [0.1, 0.15) is 5.76 Å². The van der Waals surface area contributed by atoms with Crippen molar-refractivity contribution in [3.8, 4) is 0 Å². The molecule has 0 bridgehead atoms. The summed E-state index contributed by atoms with van der Waals surface area (Å²) < 4.78 is 11.0. The molecule has 0 amide bonds. The second-order valence-corrected chi connectivity index (χ2v) is 3.84. The topological polar surface area (TPSA) is 60.4 Å². The van der Waals surface area contributed by atoms with Crippen LogP contribution in [0.25, 0.3) is 0 Å². The Morgan fingerprint density at radius 3 is 2.81 bits per heavy atom. The first-order chi connectivity index (χ1) is 7.81. The van der Waals surface area contributed by atoms with Crippen molar-refractivity contribution in [1.29, 1.82) is 0 Å². The number of ether oxygens (including phenoxy) is 1. The third-order valence-corrected chi connectivity index (χ3v) is 2.62. The fraction of sp³-hybridized carbons (Fsp3) is 0.667. The van der Waals surface area contributed by atoms with Crippen molar-refractivity contribution in [2.24, 2.45) is 5.84 Å². The van der Waals surface area contributed by atoms with Gasteiger partial charge in [-0.1, -0.05) is 13.3 Å². The zero-order chi connectivity index (χ0) is 11.8. The van der Waals surface area contributed by atoms with Crippen molar-refractivity contribution < 1.29 is 9.15 Å². The zero-order valence-corrected chi connectivity index (χ0v) is 10.1. The molecule has 0 saturated carbocycles. The number of rotatable bonds is 8. The first-order valence-electron chi connectivity index (χ1n) is 5.91. The van der Waals surface area contributed by atoms with Gasteiger partial charge in [-0.2, -0.15) is 0 Å². The first-order valence-corrected chi connectivity index (χ1v) is 5.91. The Bertz CT molecular complexity index is 256. The molecule has 1 aromatic heterocycles. The summed E-state index contributed by atoms with van der Waals surface area (Å²) in [4.78, 5) is 0. The van der Waals surface area contributed by atoms with Gasteiger partial charge in [0.15, 0.2) is 0 Å². The van der Waals surface area contributed by atoms with Crippen LogP contribution in [-0.2, 0) is 11.2 Å². The maximum absolute atomic E-state index is 5.70. The van der Waals surface area contributed by atoms with Crippen molar-refractivity contribution in [1.82, 2.24) is 5.43 Å². The molecular formula is C12H22N2O2. The largest absolute Gasteiger partial charge is 0.469 e. The molecule has 0 saturated heterocycles. The van der Waals surface area contributed by atoms with Gasteiger partial charge in [0, 0.05) is 13.0 Å². The normalized spacial score (nSPS) is 14.9. The van der Waals surface area contributed by atoms with Gasteiger partial charge in [-0.15, -0.1) is 0 Å². The third-order valence-electron chi connectivity index (χ3n) is 2.62. The number of hydrogen-bond donors (Lipinski definition) is 2. The fourth-order valence-corrected chi connectivity index (χ4v) is 1.84. The van der Waals surface area contributed by atoms with E-state index in [1.165, 1.54) is 0 Å². The molecule has 4 heteroatoms. The molecule has 0 aliphatic carbocycles. The van der Waals surface area contributed by atoms with Gasteiger partial charge in [-0.25, -0.2) is 0 Å². The summed E-state index contributed by atoms with van der Waals surface area (Å²) in [5.74, 6) is 6.51. The van der Waals surface area contributed by atoms with Crippen LogP contribution in [0, 0.1) is 0 Å². The van der Waals surface area contributed by atoms with E-state index in [0.29, 0.717) is 6.61 Å². The molecule has 0 aliphatic heterocycles. The summed E-state index contributed by atoms with van der Waals surface area (Å²) in [5, 5.41) is 0. The fourth-order valence-electron chi connectivity index (χ4n) is 1.84. The molecular weight excluding hydrogens is 204 g/mol. The molecule has 0 radical (unpaired) electrons.